The van der Waals surface area contributed by atoms with Crippen molar-refractivity contribution in [3.05, 3.63) is 47.5 Å². The van der Waals surface area contributed by atoms with Crippen LogP contribution in [0.5, 0.6) is 11.5 Å². The summed E-state index contributed by atoms with van der Waals surface area (Å²) >= 11 is 0. The van der Waals surface area contributed by atoms with E-state index in [9.17, 15) is 0 Å². The number of aryl methyl sites for hydroxylation is 2. The smallest absolute Gasteiger partial charge is 0.188 e. The highest BCUT2D eigenvalue weighted by Gasteiger charge is 2.16. The average molecular weight is 302 g/mol. The van der Waals surface area contributed by atoms with E-state index in [1.54, 1.807) is 14.2 Å². The molecule has 22 heavy (non-hydrogen) atoms. The summed E-state index contributed by atoms with van der Waals surface area (Å²) in [6, 6.07) is 11.9. The number of hydrogen-bond donors (Lipinski definition) is 0. The van der Waals surface area contributed by atoms with E-state index in [1.165, 1.54) is 0 Å². The summed E-state index contributed by atoms with van der Waals surface area (Å²) in [5, 5.41) is 0. The van der Waals surface area contributed by atoms with Gasteiger partial charge in [0.2, 0.25) is 0 Å². The highest BCUT2D eigenvalue weighted by Crippen LogP contribution is 2.40. The van der Waals surface area contributed by atoms with Crippen LogP contribution in [0.15, 0.2) is 36.4 Å². The van der Waals surface area contributed by atoms with Crippen molar-refractivity contribution < 1.29 is 18.9 Å². The van der Waals surface area contributed by atoms with Crippen molar-refractivity contribution >= 4 is 0 Å². The van der Waals surface area contributed by atoms with E-state index < -0.39 is 0 Å². The molecule has 0 aliphatic carbocycles. The Morgan fingerprint density at radius 3 is 1.45 bits per heavy atom. The normalized spacial score (nSPS) is 10.5. The lowest BCUT2D eigenvalue weighted by molar-refractivity contribution is 0.0500. The fraction of sp³-hybridized carbons (Fsp3) is 0.333. The van der Waals surface area contributed by atoms with Gasteiger partial charge >= 0.3 is 0 Å². The number of hydrogen-bond acceptors (Lipinski definition) is 4. The minimum absolute atomic E-state index is 0.205. The third kappa shape index (κ3) is 3.59. The molecule has 0 heterocycles. The highest BCUT2D eigenvalue weighted by molar-refractivity contribution is 5.81. The standard InChI is InChI=1S/C18H22O4/c1-13-7-5-9-15(21-11-19-3)17(13)18-14(2)8-6-10-16(18)22-12-20-4/h5-10H,11-12H2,1-4H3. The SMILES string of the molecule is COCOc1cccc(C)c1-c1c(C)cccc1OCOC. The fourth-order valence-corrected chi connectivity index (χ4v) is 2.41. The lowest BCUT2D eigenvalue weighted by Crippen LogP contribution is -2.04. The number of ether oxygens (including phenoxy) is 4. The molecule has 0 radical (unpaired) electrons. The summed E-state index contributed by atoms with van der Waals surface area (Å²) < 4.78 is 21.5. The molecule has 0 fully saturated rings. The minimum atomic E-state index is 0.205. The van der Waals surface area contributed by atoms with Crippen molar-refractivity contribution in [3.63, 3.8) is 0 Å². The molecule has 0 aliphatic heterocycles. The summed E-state index contributed by atoms with van der Waals surface area (Å²) in [4.78, 5) is 0. The molecule has 0 spiro atoms. The van der Waals surface area contributed by atoms with E-state index in [1.807, 2.05) is 24.3 Å². The molecule has 0 aliphatic rings. The van der Waals surface area contributed by atoms with E-state index >= 15 is 0 Å². The van der Waals surface area contributed by atoms with Crippen LogP contribution in [0.25, 0.3) is 11.1 Å². The molecule has 0 unspecified atom stereocenters. The first-order valence-electron chi connectivity index (χ1n) is 7.12. The molecule has 0 aromatic heterocycles. The Hall–Kier alpha value is -2.04. The molecule has 0 saturated carbocycles. The monoisotopic (exact) mass is 302 g/mol. The van der Waals surface area contributed by atoms with Crippen LogP contribution in [0, 0.1) is 13.8 Å². The molecule has 0 atom stereocenters. The first-order valence-corrected chi connectivity index (χ1v) is 7.12. The first-order chi connectivity index (χ1) is 10.7. The third-order valence-electron chi connectivity index (χ3n) is 3.38. The van der Waals surface area contributed by atoms with Crippen molar-refractivity contribution in [1.29, 1.82) is 0 Å². The highest BCUT2D eigenvalue weighted by atomic mass is 16.7. The van der Waals surface area contributed by atoms with Crippen LogP contribution in [-0.2, 0) is 9.47 Å². The molecule has 0 saturated heterocycles. The molecule has 118 valence electrons. The van der Waals surface area contributed by atoms with Crippen molar-refractivity contribution in [3.8, 4) is 22.6 Å². The minimum Gasteiger partial charge on any atom is -0.467 e. The maximum absolute atomic E-state index is 5.73. The van der Waals surface area contributed by atoms with Gasteiger partial charge < -0.3 is 18.9 Å². The molecular weight excluding hydrogens is 280 g/mol. The summed E-state index contributed by atoms with van der Waals surface area (Å²) in [6.07, 6.45) is 0. The Labute approximate surface area is 131 Å². The first kappa shape index (κ1) is 16.3. The Morgan fingerprint density at radius 1 is 0.682 bits per heavy atom. The molecule has 2 aromatic carbocycles. The Bertz CT molecular complexity index is 567. The maximum atomic E-state index is 5.73. The van der Waals surface area contributed by atoms with Crippen LogP contribution in [0.4, 0.5) is 0 Å². The molecule has 2 aromatic rings. The van der Waals surface area contributed by atoms with Crippen LogP contribution in [0.2, 0.25) is 0 Å². The van der Waals surface area contributed by atoms with Gasteiger partial charge in [-0.1, -0.05) is 24.3 Å². The van der Waals surface area contributed by atoms with Gasteiger partial charge in [-0.3, -0.25) is 0 Å². The largest absolute Gasteiger partial charge is 0.467 e. The van der Waals surface area contributed by atoms with Gasteiger partial charge in [-0.25, -0.2) is 0 Å². The predicted octanol–water partition coefficient (Wildman–Crippen LogP) is 3.94. The lowest BCUT2D eigenvalue weighted by Gasteiger charge is -2.18. The molecule has 4 nitrogen and oxygen atoms in total. The Kier molecular flexibility index (Phi) is 5.81. The summed E-state index contributed by atoms with van der Waals surface area (Å²) in [7, 11) is 3.22. The van der Waals surface area contributed by atoms with Crippen LogP contribution in [-0.4, -0.2) is 27.8 Å². The quantitative estimate of drug-likeness (QED) is 0.726. The van der Waals surface area contributed by atoms with Gasteiger partial charge in [0.15, 0.2) is 13.6 Å². The zero-order valence-electron chi connectivity index (χ0n) is 13.5. The Balaban J connectivity index is 2.55. The zero-order chi connectivity index (χ0) is 15.9. The number of rotatable bonds is 7. The van der Waals surface area contributed by atoms with E-state index in [4.69, 9.17) is 18.9 Å². The molecule has 0 N–H and O–H groups in total. The van der Waals surface area contributed by atoms with Gasteiger partial charge in [0.25, 0.3) is 0 Å². The molecule has 0 amide bonds. The van der Waals surface area contributed by atoms with Gasteiger partial charge in [0, 0.05) is 25.3 Å². The van der Waals surface area contributed by atoms with Crippen LogP contribution in [0.3, 0.4) is 0 Å². The van der Waals surface area contributed by atoms with Crippen molar-refractivity contribution in [2.45, 2.75) is 13.8 Å². The second-order valence-electron chi connectivity index (χ2n) is 5.00. The van der Waals surface area contributed by atoms with E-state index in [0.717, 1.165) is 33.8 Å². The topological polar surface area (TPSA) is 36.9 Å². The zero-order valence-corrected chi connectivity index (χ0v) is 13.5. The van der Waals surface area contributed by atoms with E-state index in [0.29, 0.717) is 0 Å². The number of methoxy groups -OCH3 is 2. The van der Waals surface area contributed by atoms with Gasteiger partial charge in [-0.05, 0) is 37.1 Å². The fourth-order valence-electron chi connectivity index (χ4n) is 2.41. The maximum Gasteiger partial charge on any atom is 0.188 e. The van der Waals surface area contributed by atoms with Gasteiger partial charge in [-0.2, -0.15) is 0 Å². The number of benzene rings is 2. The van der Waals surface area contributed by atoms with Gasteiger partial charge in [0.05, 0.1) is 0 Å². The molecule has 0 bridgehead atoms. The average Bonchev–Trinajstić information content (AvgIpc) is 2.52. The van der Waals surface area contributed by atoms with Crippen LogP contribution in [0.1, 0.15) is 11.1 Å². The van der Waals surface area contributed by atoms with Gasteiger partial charge in [-0.15, -0.1) is 0 Å². The van der Waals surface area contributed by atoms with E-state index in [2.05, 4.69) is 26.0 Å². The third-order valence-corrected chi connectivity index (χ3v) is 3.38. The van der Waals surface area contributed by atoms with Crippen molar-refractivity contribution in [1.82, 2.24) is 0 Å². The van der Waals surface area contributed by atoms with Crippen LogP contribution < -0.4 is 9.47 Å². The lowest BCUT2D eigenvalue weighted by atomic mass is 9.95. The summed E-state index contributed by atoms with van der Waals surface area (Å²) in [5.41, 5.74) is 4.27. The molecular formula is C18H22O4. The van der Waals surface area contributed by atoms with Crippen molar-refractivity contribution in [2.24, 2.45) is 0 Å². The summed E-state index contributed by atoms with van der Waals surface area (Å²) in [6.45, 7) is 4.52. The summed E-state index contributed by atoms with van der Waals surface area (Å²) in [5.74, 6) is 1.55. The second-order valence-corrected chi connectivity index (χ2v) is 5.00. The molecule has 2 rings (SSSR count). The van der Waals surface area contributed by atoms with Crippen LogP contribution >= 0.6 is 0 Å². The van der Waals surface area contributed by atoms with Crippen molar-refractivity contribution in [2.75, 3.05) is 27.8 Å². The predicted molar refractivity (Wildman–Crippen MR) is 86.4 cm³/mol. The second kappa shape index (κ2) is 7.82. The molecule has 4 heteroatoms. The Morgan fingerprint density at radius 2 is 1.09 bits per heavy atom. The van der Waals surface area contributed by atoms with Gasteiger partial charge in [0.1, 0.15) is 11.5 Å². The van der Waals surface area contributed by atoms with E-state index in [-0.39, 0.29) is 13.6 Å².